The number of nitriles is 1. The lowest BCUT2D eigenvalue weighted by molar-refractivity contribution is 0.0206. The highest BCUT2D eigenvalue weighted by molar-refractivity contribution is 6.30. The van der Waals surface area contributed by atoms with Gasteiger partial charge in [-0.25, -0.2) is 4.79 Å². The van der Waals surface area contributed by atoms with Crippen LogP contribution in [0.1, 0.15) is 39.2 Å². The first-order valence-electron chi connectivity index (χ1n) is 7.46. The van der Waals surface area contributed by atoms with E-state index in [1.165, 1.54) is 0 Å². The number of piperidine rings is 1. The van der Waals surface area contributed by atoms with Crippen LogP contribution >= 0.6 is 11.6 Å². The predicted molar refractivity (Wildman–Crippen MR) is 86.2 cm³/mol. The van der Waals surface area contributed by atoms with E-state index >= 15 is 0 Å². The zero-order chi connectivity index (χ0) is 17.0. The molecule has 0 aromatic carbocycles. The number of anilines is 1. The lowest BCUT2D eigenvalue weighted by Crippen LogP contribution is -2.47. The largest absolute Gasteiger partial charge is 0.444 e. The Kier molecular flexibility index (Phi) is 5.26. The number of carbonyl (C=O) groups excluding carboxylic acids is 1. The monoisotopic (exact) mass is 337 g/mol. The zero-order valence-corrected chi connectivity index (χ0v) is 14.2. The smallest absolute Gasteiger partial charge is 0.410 e. The van der Waals surface area contributed by atoms with E-state index < -0.39 is 5.60 Å². The third-order valence-corrected chi connectivity index (χ3v) is 3.57. The Hall–Kier alpha value is -2.07. The minimum Gasteiger partial charge on any atom is -0.444 e. The van der Waals surface area contributed by atoms with Crippen molar-refractivity contribution in [3.63, 3.8) is 0 Å². The summed E-state index contributed by atoms with van der Waals surface area (Å²) in [5.41, 5.74) is -0.246. The highest BCUT2D eigenvalue weighted by Gasteiger charge is 2.27. The normalized spacial score (nSPS) is 18.2. The molecule has 1 fully saturated rings. The van der Waals surface area contributed by atoms with Gasteiger partial charge in [0, 0.05) is 25.2 Å². The molecule has 0 spiro atoms. The Morgan fingerprint density at radius 3 is 2.91 bits per heavy atom. The van der Waals surface area contributed by atoms with Crippen LogP contribution in [0.4, 0.5) is 10.6 Å². The molecule has 1 unspecified atom stereocenters. The maximum absolute atomic E-state index is 12.1. The molecular weight excluding hydrogens is 318 g/mol. The van der Waals surface area contributed by atoms with Gasteiger partial charge in [-0.05, 0) is 33.6 Å². The SMILES string of the molecule is CC(C)(C)OC(=O)N1CCCC(Nc2cc(C#N)c(Cl)nn2)C1. The van der Waals surface area contributed by atoms with Gasteiger partial charge in [-0.15, -0.1) is 10.2 Å². The number of hydrogen-bond donors (Lipinski definition) is 1. The van der Waals surface area contributed by atoms with Crippen LogP contribution in [0.5, 0.6) is 0 Å². The summed E-state index contributed by atoms with van der Waals surface area (Å²) >= 11 is 5.77. The molecule has 1 N–H and O–H groups in total. The van der Waals surface area contributed by atoms with E-state index in [0.717, 1.165) is 12.8 Å². The van der Waals surface area contributed by atoms with Crippen LogP contribution in [0.3, 0.4) is 0 Å². The quantitative estimate of drug-likeness (QED) is 0.892. The van der Waals surface area contributed by atoms with Crippen molar-refractivity contribution in [1.29, 1.82) is 5.26 Å². The third-order valence-electron chi connectivity index (χ3n) is 3.29. The van der Waals surface area contributed by atoms with E-state index in [1.807, 2.05) is 26.8 Å². The molecule has 0 radical (unpaired) electrons. The van der Waals surface area contributed by atoms with Crippen molar-refractivity contribution >= 4 is 23.5 Å². The van der Waals surface area contributed by atoms with Crippen molar-refractivity contribution < 1.29 is 9.53 Å². The fourth-order valence-corrected chi connectivity index (χ4v) is 2.46. The number of aromatic nitrogens is 2. The Morgan fingerprint density at radius 1 is 1.52 bits per heavy atom. The van der Waals surface area contributed by atoms with E-state index in [1.54, 1.807) is 11.0 Å². The van der Waals surface area contributed by atoms with E-state index in [-0.39, 0.29) is 22.9 Å². The van der Waals surface area contributed by atoms with Gasteiger partial charge < -0.3 is 15.0 Å². The Bertz CT molecular complexity index is 623. The van der Waals surface area contributed by atoms with Crippen LogP contribution in [0.15, 0.2) is 6.07 Å². The molecule has 2 rings (SSSR count). The lowest BCUT2D eigenvalue weighted by Gasteiger charge is -2.34. The van der Waals surface area contributed by atoms with E-state index in [9.17, 15) is 4.79 Å². The van der Waals surface area contributed by atoms with Crippen LogP contribution in [0.2, 0.25) is 5.15 Å². The molecule has 1 aromatic rings. The number of halogens is 1. The lowest BCUT2D eigenvalue weighted by atomic mass is 10.1. The molecule has 0 bridgehead atoms. The fraction of sp³-hybridized carbons (Fsp3) is 0.600. The van der Waals surface area contributed by atoms with Gasteiger partial charge in [-0.2, -0.15) is 5.26 Å². The van der Waals surface area contributed by atoms with Crippen LogP contribution in [-0.4, -0.2) is 45.9 Å². The molecule has 7 nitrogen and oxygen atoms in total. The topological polar surface area (TPSA) is 91.1 Å². The average molecular weight is 338 g/mol. The van der Waals surface area contributed by atoms with Crippen LogP contribution in [-0.2, 0) is 4.74 Å². The van der Waals surface area contributed by atoms with Crippen molar-refractivity contribution in [2.24, 2.45) is 0 Å². The molecule has 1 atom stereocenters. The maximum Gasteiger partial charge on any atom is 0.410 e. The molecule has 1 aromatic heterocycles. The number of likely N-dealkylation sites (tertiary alicyclic amines) is 1. The van der Waals surface area contributed by atoms with Crippen molar-refractivity contribution in [2.45, 2.75) is 45.3 Å². The van der Waals surface area contributed by atoms with Gasteiger partial charge in [-0.1, -0.05) is 11.6 Å². The summed E-state index contributed by atoms with van der Waals surface area (Å²) in [6.45, 7) is 6.72. The molecule has 0 aliphatic carbocycles. The van der Waals surface area contributed by atoms with E-state index in [4.69, 9.17) is 21.6 Å². The molecule has 23 heavy (non-hydrogen) atoms. The molecule has 2 heterocycles. The minimum atomic E-state index is -0.513. The summed E-state index contributed by atoms with van der Waals surface area (Å²) < 4.78 is 5.40. The number of nitrogens with zero attached hydrogens (tertiary/aromatic N) is 4. The highest BCUT2D eigenvalue weighted by atomic mass is 35.5. The summed E-state index contributed by atoms with van der Waals surface area (Å²) in [5, 5.41) is 19.9. The van der Waals surface area contributed by atoms with Crippen molar-refractivity contribution in [3.05, 3.63) is 16.8 Å². The van der Waals surface area contributed by atoms with Gasteiger partial charge in [-0.3, -0.25) is 0 Å². The standard InChI is InChI=1S/C15H20ClN5O2/c1-15(2,3)23-14(22)21-6-4-5-11(9-21)18-12-7-10(8-17)13(16)20-19-12/h7,11H,4-6,9H2,1-3H3,(H,18,19). The van der Waals surface area contributed by atoms with Crippen LogP contribution in [0.25, 0.3) is 0 Å². The minimum absolute atomic E-state index is 0.0262. The zero-order valence-electron chi connectivity index (χ0n) is 13.5. The number of carbonyl (C=O) groups is 1. The third kappa shape index (κ3) is 4.96. The summed E-state index contributed by atoms with van der Waals surface area (Å²) in [4.78, 5) is 13.8. The van der Waals surface area contributed by atoms with Crippen molar-refractivity contribution in [3.8, 4) is 6.07 Å². The second-order valence-corrected chi connectivity index (χ2v) is 6.81. The van der Waals surface area contributed by atoms with Gasteiger partial charge in [0.05, 0.1) is 5.56 Å². The Morgan fingerprint density at radius 2 is 2.26 bits per heavy atom. The number of rotatable bonds is 2. The molecule has 1 saturated heterocycles. The van der Waals surface area contributed by atoms with Crippen molar-refractivity contribution in [1.82, 2.24) is 15.1 Å². The summed E-state index contributed by atoms with van der Waals surface area (Å²) in [5.74, 6) is 0.474. The Balaban J connectivity index is 1.99. The van der Waals surface area contributed by atoms with E-state index in [0.29, 0.717) is 18.9 Å². The van der Waals surface area contributed by atoms with Crippen LogP contribution in [0, 0.1) is 11.3 Å². The number of amides is 1. The van der Waals surface area contributed by atoms with Crippen LogP contribution < -0.4 is 5.32 Å². The molecule has 124 valence electrons. The summed E-state index contributed by atoms with van der Waals surface area (Å²) in [7, 11) is 0. The first kappa shape index (κ1) is 17.3. The molecule has 8 heteroatoms. The molecule has 1 aliphatic heterocycles. The summed E-state index contributed by atoms with van der Waals surface area (Å²) in [6, 6.07) is 3.55. The molecule has 1 aliphatic rings. The second-order valence-electron chi connectivity index (χ2n) is 6.46. The van der Waals surface area contributed by atoms with E-state index in [2.05, 4.69) is 15.5 Å². The molecule has 0 saturated carbocycles. The number of nitrogens with one attached hydrogen (secondary N) is 1. The first-order valence-corrected chi connectivity index (χ1v) is 7.84. The highest BCUT2D eigenvalue weighted by Crippen LogP contribution is 2.19. The number of ether oxygens (including phenoxy) is 1. The molecular formula is C15H20ClN5O2. The summed E-state index contributed by atoms with van der Waals surface area (Å²) in [6.07, 6.45) is 1.44. The Labute approximate surface area is 140 Å². The fourth-order valence-electron chi connectivity index (χ4n) is 2.32. The van der Waals surface area contributed by atoms with Gasteiger partial charge in [0.2, 0.25) is 0 Å². The first-order chi connectivity index (χ1) is 10.8. The predicted octanol–water partition coefficient (Wildman–Crippen LogP) is 2.81. The van der Waals surface area contributed by atoms with Gasteiger partial charge in [0.15, 0.2) is 5.15 Å². The maximum atomic E-state index is 12.1. The molecule has 1 amide bonds. The second kappa shape index (κ2) is 7.01. The average Bonchev–Trinajstić information content (AvgIpc) is 2.48. The van der Waals surface area contributed by atoms with Gasteiger partial charge in [0.25, 0.3) is 0 Å². The number of hydrogen-bond acceptors (Lipinski definition) is 6. The van der Waals surface area contributed by atoms with Crippen molar-refractivity contribution in [2.75, 3.05) is 18.4 Å². The van der Waals surface area contributed by atoms with Gasteiger partial charge in [0.1, 0.15) is 17.5 Å². The van der Waals surface area contributed by atoms with Gasteiger partial charge >= 0.3 is 6.09 Å².